The molecule has 28 heavy (non-hydrogen) atoms. The quantitative estimate of drug-likeness (QED) is 0.759. The number of amides is 3. The Balaban J connectivity index is 1.55. The highest BCUT2D eigenvalue weighted by atomic mass is 79.9. The molecule has 0 spiro atoms. The van der Waals surface area contributed by atoms with Gasteiger partial charge < -0.3 is 15.5 Å². The van der Waals surface area contributed by atoms with Gasteiger partial charge in [-0.2, -0.15) is 0 Å². The van der Waals surface area contributed by atoms with E-state index >= 15 is 0 Å². The summed E-state index contributed by atoms with van der Waals surface area (Å²) in [5.74, 6) is -0.359. The fourth-order valence-electron chi connectivity index (χ4n) is 3.24. The Morgan fingerprint density at radius 1 is 1.04 bits per heavy atom. The van der Waals surface area contributed by atoms with Gasteiger partial charge in [-0.15, -0.1) is 0 Å². The summed E-state index contributed by atoms with van der Waals surface area (Å²) >= 11 is 3.42. The highest BCUT2D eigenvalue weighted by Gasteiger charge is 2.25. The number of nitrogens with zero attached hydrogens (tertiary/aromatic N) is 1. The number of nitrogens with one attached hydrogen (secondary N) is 2. The molecule has 0 atom stereocenters. The van der Waals surface area contributed by atoms with Crippen molar-refractivity contribution in [1.82, 2.24) is 10.2 Å². The first kappa shape index (κ1) is 20.1. The van der Waals surface area contributed by atoms with Crippen molar-refractivity contribution in [3.63, 3.8) is 0 Å². The van der Waals surface area contributed by atoms with Gasteiger partial charge in [0.15, 0.2) is 0 Å². The average molecular weight is 444 g/mol. The van der Waals surface area contributed by atoms with Crippen molar-refractivity contribution in [3.8, 4) is 0 Å². The Kier molecular flexibility index (Phi) is 6.46. The number of piperidine rings is 1. The minimum atomic E-state index is -0.181. The van der Waals surface area contributed by atoms with Crippen LogP contribution in [0.25, 0.3) is 0 Å². The third kappa shape index (κ3) is 4.98. The van der Waals surface area contributed by atoms with Crippen molar-refractivity contribution in [2.75, 3.05) is 18.4 Å². The molecule has 3 rings (SSSR count). The topological polar surface area (TPSA) is 78.5 Å². The van der Waals surface area contributed by atoms with E-state index in [0.29, 0.717) is 42.7 Å². The second kappa shape index (κ2) is 9.01. The van der Waals surface area contributed by atoms with Gasteiger partial charge in [0.25, 0.3) is 11.8 Å². The molecule has 2 aromatic rings. The monoisotopic (exact) mass is 443 g/mol. The molecule has 0 bridgehead atoms. The zero-order chi connectivity index (χ0) is 20.1. The van der Waals surface area contributed by atoms with Gasteiger partial charge in [-0.1, -0.05) is 18.2 Å². The zero-order valence-electron chi connectivity index (χ0n) is 15.6. The van der Waals surface area contributed by atoms with Crippen molar-refractivity contribution < 1.29 is 14.4 Å². The van der Waals surface area contributed by atoms with Crippen LogP contribution >= 0.6 is 15.9 Å². The summed E-state index contributed by atoms with van der Waals surface area (Å²) in [6.07, 6.45) is 1.40. The van der Waals surface area contributed by atoms with Gasteiger partial charge in [0, 0.05) is 41.8 Å². The van der Waals surface area contributed by atoms with Crippen LogP contribution in [0.4, 0.5) is 5.69 Å². The fourth-order valence-corrected chi connectivity index (χ4v) is 3.70. The summed E-state index contributed by atoms with van der Waals surface area (Å²) in [7, 11) is 0. The van der Waals surface area contributed by atoms with E-state index in [4.69, 9.17) is 0 Å². The summed E-state index contributed by atoms with van der Waals surface area (Å²) < 4.78 is 0.787. The number of benzene rings is 2. The highest BCUT2D eigenvalue weighted by Crippen LogP contribution is 2.21. The van der Waals surface area contributed by atoms with Crippen LogP contribution in [0.3, 0.4) is 0 Å². The molecule has 1 fully saturated rings. The normalized spacial score (nSPS) is 14.4. The van der Waals surface area contributed by atoms with Crippen molar-refractivity contribution >= 4 is 39.3 Å². The Bertz CT molecular complexity index is 892. The van der Waals surface area contributed by atoms with Crippen LogP contribution in [0.1, 0.15) is 40.5 Å². The first-order chi connectivity index (χ1) is 13.4. The molecular weight excluding hydrogens is 422 g/mol. The lowest BCUT2D eigenvalue weighted by Crippen LogP contribution is -2.46. The van der Waals surface area contributed by atoms with Crippen molar-refractivity contribution in [2.45, 2.75) is 25.8 Å². The lowest BCUT2D eigenvalue weighted by Gasteiger charge is -2.32. The maximum absolute atomic E-state index is 12.7. The van der Waals surface area contributed by atoms with E-state index in [-0.39, 0.29) is 23.8 Å². The average Bonchev–Trinajstić information content (AvgIpc) is 2.68. The molecular formula is C21H22BrN3O3. The van der Waals surface area contributed by atoms with E-state index in [1.807, 2.05) is 29.2 Å². The molecule has 2 N–H and O–H groups in total. The first-order valence-electron chi connectivity index (χ1n) is 9.16. The van der Waals surface area contributed by atoms with Crippen LogP contribution in [-0.2, 0) is 4.79 Å². The second-order valence-corrected chi connectivity index (χ2v) is 7.64. The van der Waals surface area contributed by atoms with Gasteiger partial charge in [-0.25, -0.2) is 0 Å². The molecule has 7 heteroatoms. The third-order valence-corrected chi connectivity index (χ3v) is 5.36. The molecule has 0 aliphatic carbocycles. The number of hydrogen-bond acceptors (Lipinski definition) is 3. The summed E-state index contributed by atoms with van der Waals surface area (Å²) in [5.41, 5.74) is 1.74. The molecule has 1 aliphatic heterocycles. The van der Waals surface area contributed by atoms with Crippen LogP contribution in [0.2, 0.25) is 0 Å². The van der Waals surface area contributed by atoms with E-state index in [9.17, 15) is 14.4 Å². The SMILES string of the molecule is CC(=O)Nc1cccc(C(=O)NC2CCN(C(=O)c3ccccc3Br)CC2)c1. The van der Waals surface area contributed by atoms with Crippen LogP contribution in [-0.4, -0.2) is 41.8 Å². The molecule has 1 saturated heterocycles. The Morgan fingerprint density at radius 2 is 1.75 bits per heavy atom. The lowest BCUT2D eigenvalue weighted by molar-refractivity contribution is -0.114. The number of hydrogen-bond donors (Lipinski definition) is 2. The standard InChI is InChI=1S/C21H22BrN3O3/c1-14(26)23-17-6-4-5-15(13-17)20(27)24-16-9-11-25(12-10-16)21(28)18-7-2-3-8-19(18)22/h2-8,13,16H,9-12H2,1H3,(H,23,26)(H,24,27). The maximum Gasteiger partial charge on any atom is 0.254 e. The lowest BCUT2D eigenvalue weighted by atomic mass is 10.0. The molecule has 146 valence electrons. The van der Waals surface area contributed by atoms with Crippen LogP contribution < -0.4 is 10.6 Å². The van der Waals surface area contributed by atoms with Crippen molar-refractivity contribution in [1.29, 1.82) is 0 Å². The largest absolute Gasteiger partial charge is 0.349 e. The number of anilines is 1. The minimum Gasteiger partial charge on any atom is -0.349 e. The first-order valence-corrected chi connectivity index (χ1v) is 9.95. The van der Waals surface area contributed by atoms with E-state index in [1.54, 1.807) is 24.3 Å². The molecule has 0 saturated carbocycles. The van der Waals surface area contributed by atoms with Gasteiger partial charge in [-0.05, 0) is 59.1 Å². The fraction of sp³-hybridized carbons (Fsp3) is 0.286. The number of rotatable bonds is 4. The van der Waals surface area contributed by atoms with Crippen molar-refractivity contribution in [2.24, 2.45) is 0 Å². The minimum absolute atomic E-state index is 0.000241. The number of halogens is 1. The predicted octanol–water partition coefficient (Wildman–Crippen LogP) is 3.44. The maximum atomic E-state index is 12.7. The van der Waals surface area contributed by atoms with Gasteiger partial charge in [0.1, 0.15) is 0 Å². The molecule has 0 radical (unpaired) electrons. The van der Waals surface area contributed by atoms with E-state index in [1.165, 1.54) is 6.92 Å². The molecule has 3 amide bonds. The Hall–Kier alpha value is -2.67. The summed E-state index contributed by atoms with van der Waals surface area (Å²) in [5, 5.41) is 5.70. The van der Waals surface area contributed by atoms with Crippen molar-refractivity contribution in [3.05, 3.63) is 64.1 Å². The summed E-state index contributed by atoms with van der Waals surface area (Å²) in [4.78, 5) is 38.2. The Labute approximate surface area is 172 Å². The number of likely N-dealkylation sites (tertiary alicyclic amines) is 1. The van der Waals surface area contributed by atoms with Gasteiger partial charge in [-0.3, -0.25) is 14.4 Å². The zero-order valence-corrected chi connectivity index (χ0v) is 17.2. The summed E-state index contributed by atoms with van der Waals surface area (Å²) in [6.45, 7) is 2.61. The van der Waals surface area contributed by atoms with E-state index in [2.05, 4.69) is 26.6 Å². The second-order valence-electron chi connectivity index (χ2n) is 6.78. The van der Waals surface area contributed by atoms with Gasteiger partial charge in [0.05, 0.1) is 5.56 Å². The summed E-state index contributed by atoms with van der Waals surface area (Å²) in [6, 6.07) is 14.2. The van der Waals surface area contributed by atoms with Crippen LogP contribution in [0.15, 0.2) is 53.0 Å². The third-order valence-electron chi connectivity index (χ3n) is 4.67. The van der Waals surface area contributed by atoms with Gasteiger partial charge in [0.2, 0.25) is 5.91 Å². The Morgan fingerprint density at radius 3 is 2.43 bits per heavy atom. The smallest absolute Gasteiger partial charge is 0.254 e. The molecule has 2 aromatic carbocycles. The number of carbonyl (C=O) groups is 3. The van der Waals surface area contributed by atoms with E-state index < -0.39 is 0 Å². The van der Waals surface area contributed by atoms with Crippen LogP contribution in [0, 0.1) is 0 Å². The number of carbonyl (C=O) groups excluding carboxylic acids is 3. The van der Waals surface area contributed by atoms with E-state index in [0.717, 1.165) is 4.47 Å². The predicted molar refractivity (Wildman–Crippen MR) is 111 cm³/mol. The van der Waals surface area contributed by atoms with Crippen LogP contribution in [0.5, 0.6) is 0 Å². The van der Waals surface area contributed by atoms with Gasteiger partial charge >= 0.3 is 0 Å². The molecule has 1 aliphatic rings. The molecule has 0 aromatic heterocycles. The highest BCUT2D eigenvalue weighted by molar-refractivity contribution is 9.10. The molecule has 0 unspecified atom stereocenters. The molecule has 1 heterocycles. The molecule has 6 nitrogen and oxygen atoms in total.